The Morgan fingerprint density at radius 2 is 1.63 bits per heavy atom. The number of fused-ring (bicyclic) bond motifs is 1. The smallest absolute Gasteiger partial charge is 0.394 e. The molecule has 51 heavy (non-hydrogen) atoms. The van der Waals surface area contributed by atoms with E-state index in [4.69, 9.17) is 17.5 Å². The molecule has 5 rings (SSSR count). The van der Waals surface area contributed by atoms with Crippen molar-refractivity contribution in [3.63, 3.8) is 0 Å². The van der Waals surface area contributed by atoms with E-state index in [2.05, 4.69) is 25.4 Å². The van der Waals surface area contributed by atoms with Crippen LogP contribution in [0.4, 0.5) is 0 Å². The minimum atomic E-state index is -4.67. The second-order valence-electron chi connectivity index (χ2n) is 14.0. The highest BCUT2D eigenvalue weighted by Crippen LogP contribution is 2.32. The SMILES string of the molecule is CC(C)(C)NC(=O)[C@@H]1CN(Cc2cccnc2)CCN1C[C@@H](O)C[C@@H](Cc1ccccc1)C(=O)N[C@H]1c2ccccc2C[C@H]1O.O.O=S(=O)(O)O. The number of β-amino-alcohol motifs (C(OH)–C–C–N with tert-alkyl or cyclic N) is 1. The minimum absolute atomic E-state index is 0. The van der Waals surface area contributed by atoms with Crippen molar-refractivity contribution in [3.05, 3.63) is 101 Å². The summed E-state index contributed by atoms with van der Waals surface area (Å²) in [5.41, 5.74) is 3.68. The molecule has 0 spiro atoms. The number of aliphatic hydroxyl groups is 2. The molecule has 1 fully saturated rings. The van der Waals surface area contributed by atoms with Gasteiger partial charge in [-0.2, -0.15) is 8.42 Å². The van der Waals surface area contributed by atoms with Crippen LogP contribution >= 0.6 is 0 Å². The van der Waals surface area contributed by atoms with Crippen LogP contribution in [0.15, 0.2) is 79.1 Å². The Kier molecular flexibility index (Phi) is 15.2. The molecule has 15 heteroatoms. The average Bonchev–Trinajstić information content (AvgIpc) is 3.35. The average molecular weight is 730 g/mol. The van der Waals surface area contributed by atoms with Crippen LogP contribution in [0.1, 0.15) is 55.5 Å². The lowest BCUT2D eigenvalue weighted by Gasteiger charge is -2.42. The molecule has 0 bridgehead atoms. The molecule has 0 saturated carbocycles. The maximum absolute atomic E-state index is 13.8. The summed E-state index contributed by atoms with van der Waals surface area (Å²) in [4.78, 5) is 35.9. The molecular formula is C36H51N5O9S. The highest BCUT2D eigenvalue weighted by Gasteiger charge is 2.37. The quantitative estimate of drug-likeness (QED) is 0.155. The summed E-state index contributed by atoms with van der Waals surface area (Å²) >= 11 is 0. The number of amides is 2. The van der Waals surface area contributed by atoms with Crippen molar-refractivity contribution in [2.24, 2.45) is 5.92 Å². The Bertz CT molecular complexity index is 1650. The first-order valence-corrected chi connectivity index (χ1v) is 18.1. The number of pyridine rings is 1. The van der Waals surface area contributed by atoms with Gasteiger partial charge in [-0.05, 0) is 61.9 Å². The monoisotopic (exact) mass is 729 g/mol. The molecule has 1 saturated heterocycles. The first kappa shape index (κ1) is 41.6. The molecule has 1 aliphatic heterocycles. The van der Waals surface area contributed by atoms with Gasteiger partial charge in [-0.15, -0.1) is 0 Å². The van der Waals surface area contributed by atoms with Crippen LogP contribution in [0, 0.1) is 5.92 Å². The van der Waals surface area contributed by atoms with Crippen LogP contribution in [0.25, 0.3) is 0 Å². The summed E-state index contributed by atoms with van der Waals surface area (Å²) in [7, 11) is -4.67. The lowest BCUT2D eigenvalue weighted by molar-refractivity contribution is -0.132. The number of carbonyl (C=O) groups is 2. The van der Waals surface area contributed by atoms with Gasteiger partial charge in [0.15, 0.2) is 0 Å². The molecule has 1 aromatic heterocycles. The fraction of sp³-hybridized carbons (Fsp3) is 0.472. The fourth-order valence-corrected chi connectivity index (χ4v) is 6.56. The summed E-state index contributed by atoms with van der Waals surface area (Å²) in [6.07, 6.45) is 3.26. The molecule has 2 amide bonds. The van der Waals surface area contributed by atoms with Crippen LogP contribution in [-0.4, -0.2) is 110 Å². The zero-order valence-electron chi connectivity index (χ0n) is 29.2. The Morgan fingerprint density at radius 3 is 2.27 bits per heavy atom. The van der Waals surface area contributed by atoms with Crippen molar-refractivity contribution in [2.75, 3.05) is 26.2 Å². The zero-order valence-corrected chi connectivity index (χ0v) is 30.0. The second-order valence-corrected chi connectivity index (χ2v) is 14.9. The summed E-state index contributed by atoms with van der Waals surface area (Å²) in [5, 5.41) is 28.5. The molecule has 8 N–H and O–H groups in total. The number of hydrogen-bond acceptors (Lipinski definition) is 9. The molecule has 2 aliphatic rings. The Balaban J connectivity index is 0.00000109. The van der Waals surface area contributed by atoms with Gasteiger partial charge >= 0.3 is 10.4 Å². The number of piperazine rings is 1. The van der Waals surface area contributed by atoms with E-state index < -0.39 is 46.1 Å². The van der Waals surface area contributed by atoms with E-state index in [1.165, 1.54) is 0 Å². The largest absolute Gasteiger partial charge is 0.412 e. The van der Waals surface area contributed by atoms with Crippen LogP contribution < -0.4 is 10.6 Å². The maximum Gasteiger partial charge on any atom is 0.394 e. The van der Waals surface area contributed by atoms with Crippen LogP contribution in [0.3, 0.4) is 0 Å². The topological polar surface area (TPSA) is 224 Å². The van der Waals surface area contributed by atoms with Crippen LogP contribution in [0.2, 0.25) is 0 Å². The van der Waals surface area contributed by atoms with Crippen molar-refractivity contribution in [1.82, 2.24) is 25.4 Å². The fourth-order valence-electron chi connectivity index (χ4n) is 6.56. The van der Waals surface area contributed by atoms with E-state index in [0.29, 0.717) is 32.5 Å². The Hall–Kier alpha value is -3.80. The molecule has 14 nitrogen and oxygen atoms in total. The molecule has 2 heterocycles. The third-order valence-electron chi connectivity index (χ3n) is 8.70. The molecule has 2 aromatic carbocycles. The normalized spacial score (nSPS) is 20.5. The van der Waals surface area contributed by atoms with Gasteiger partial charge in [-0.1, -0.05) is 60.7 Å². The van der Waals surface area contributed by atoms with Crippen LogP contribution in [0.5, 0.6) is 0 Å². The number of aromatic nitrogens is 1. The van der Waals surface area contributed by atoms with Crippen molar-refractivity contribution in [1.29, 1.82) is 0 Å². The summed E-state index contributed by atoms with van der Waals surface area (Å²) in [6.45, 7) is 8.74. The predicted octanol–water partition coefficient (Wildman–Crippen LogP) is 1.39. The second kappa shape index (κ2) is 18.6. The lowest BCUT2D eigenvalue weighted by atomic mass is 9.91. The van der Waals surface area contributed by atoms with Crippen molar-refractivity contribution in [3.8, 4) is 0 Å². The molecule has 280 valence electrons. The van der Waals surface area contributed by atoms with E-state index in [-0.39, 0.29) is 30.3 Å². The summed E-state index contributed by atoms with van der Waals surface area (Å²) < 4.78 is 31.6. The predicted molar refractivity (Wildman–Crippen MR) is 192 cm³/mol. The summed E-state index contributed by atoms with van der Waals surface area (Å²) in [6, 6.07) is 20.6. The van der Waals surface area contributed by atoms with Gasteiger partial charge in [0, 0.05) is 63.0 Å². The number of benzene rings is 2. The number of nitrogens with one attached hydrogen (secondary N) is 2. The van der Waals surface area contributed by atoms with E-state index in [1.54, 1.807) is 6.20 Å². The van der Waals surface area contributed by atoms with Gasteiger partial charge in [0.05, 0.1) is 18.2 Å². The summed E-state index contributed by atoms with van der Waals surface area (Å²) in [5.74, 6) is -0.781. The van der Waals surface area contributed by atoms with Gasteiger partial charge in [0.25, 0.3) is 0 Å². The third kappa shape index (κ3) is 13.7. The number of carbonyl (C=O) groups excluding carboxylic acids is 2. The number of nitrogens with zero attached hydrogens (tertiary/aromatic N) is 3. The van der Waals surface area contributed by atoms with E-state index in [9.17, 15) is 19.8 Å². The number of rotatable bonds is 11. The third-order valence-corrected chi connectivity index (χ3v) is 8.70. The van der Waals surface area contributed by atoms with Gasteiger partial charge in [0.1, 0.15) is 6.04 Å². The van der Waals surface area contributed by atoms with E-state index in [1.807, 2.05) is 93.7 Å². The molecule has 1 aliphatic carbocycles. The minimum Gasteiger partial charge on any atom is -0.412 e. The zero-order chi connectivity index (χ0) is 36.5. The standard InChI is InChI=1S/C36H47N5O4.H2O4S.H2O/c1-36(2,3)39-35(45)31-24-40(22-26-12-9-15-37-21-26)16-17-41(31)23-29(42)19-28(18-25-10-5-4-6-11-25)34(44)38-33-30-14-8-7-13-27(30)20-32(33)43;1-5(2,3)4;/h4-15,21,28-29,31-33,42-43H,16-20,22-24H2,1-3H3,(H,38,44)(H,39,45);(H2,1,2,3,4);1H2/t28-,29+,31+,32-,33+;;/m1../s1. The molecular weight excluding hydrogens is 678 g/mol. The molecule has 0 unspecified atom stereocenters. The van der Waals surface area contributed by atoms with Gasteiger partial charge in [-0.25, -0.2) is 0 Å². The molecule has 5 atom stereocenters. The van der Waals surface area contributed by atoms with Gasteiger partial charge in [0.2, 0.25) is 11.8 Å². The van der Waals surface area contributed by atoms with Crippen molar-refractivity contribution < 1.29 is 42.8 Å². The Morgan fingerprint density at radius 1 is 0.980 bits per heavy atom. The van der Waals surface area contributed by atoms with Gasteiger partial charge in [-0.3, -0.25) is 33.5 Å². The Labute approximate surface area is 299 Å². The first-order chi connectivity index (χ1) is 23.6. The first-order valence-electron chi connectivity index (χ1n) is 16.7. The highest BCUT2D eigenvalue weighted by molar-refractivity contribution is 7.79. The van der Waals surface area contributed by atoms with Crippen molar-refractivity contribution in [2.45, 2.75) is 76.4 Å². The van der Waals surface area contributed by atoms with E-state index >= 15 is 0 Å². The lowest BCUT2D eigenvalue weighted by Crippen LogP contribution is -2.61. The van der Waals surface area contributed by atoms with Crippen molar-refractivity contribution >= 4 is 22.2 Å². The van der Waals surface area contributed by atoms with Gasteiger partial charge < -0.3 is 26.3 Å². The highest BCUT2D eigenvalue weighted by atomic mass is 32.3. The van der Waals surface area contributed by atoms with E-state index in [0.717, 1.165) is 28.8 Å². The maximum atomic E-state index is 13.8. The molecule has 0 radical (unpaired) electrons. The number of aliphatic hydroxyl groups excluding tert-OH is 2. The molecule has 3 aromatic rings. The number of hydrogen-bond donors (Lipinski definition) is 6. The van der Waals surface area contributed by atoms with Crippen LogP contribution in [-0.2, 0) is 39.4 Å².